The molecule has 0 spiro atoms. The Bertz CT molecular complexity index is 598. The van der Waals surface area contributed by atoms with Crippen LogP contribution in [0.4, 0.5) is 5.69 Å². The van der Waals surface area contributed by atoms with E-state index in [2.05, 4.69) is 47.2 Å². The Hall–Kier alpha value is -1.31. The highest BCUT2D eigenvalue weighted by molar-refractivity contribution is 9.10. The fraction of sp³-hybridized carbons (Fsp3) is 0.214. The van der Waals surface area contributed by atoms with Gasteiger partial charge in [-0.1, -0.05) is 12.1 Å². The topological polar surface area (TPSA) is 35.8 Å². The van der Waals surface area contributed by atoms with E-state index in [1.807, 2.05) is 24.3 Å². The minimum absolute atomic E-state index is 0.311. The summed E-state index contributed by atoms with van der Waals surface area (Å²) in [7, 11) is 0. The van der Waals surface area contributed by atoms with Gasteiger partial charge < -0.3 is 5.32 Å². The molecule has 18 heavy (non-hydrogen) atoms. The summed E-state index contributed by atoms with van der Waals surface area (Å²) in [5.41, 5.74) is 2.00. The van der Waals surface area contributed by atoms with Crippen LogP contribution in [0.5, 0.6) is 0 Å². The summed E-state index contributed by atoms with van der Waals surface area (Å²) in [6.07, 6.45) is 0. The van der Waals surface area contributed by atoms with Crippen LogP contribution in [0.25, 0.3) is 0 Å². The third kappa shape index (κ3) is 2.74. The predicted molar refractivity (Wildman–Crippen MR) is 79.9 cm³/mol. The second-order valence-corrected chi connectivity index (χ2v) is 6.37. The molecule has 0 saturated heterocycles. The molecule has 1 aromatic heterocycles. The fourth-order valence-corrected chi connectivity index (χ4v) is 3.21. The van der Waals surface area contributed by atoms with Gasteiger partial charge in [0.15, 0.2) is 0 Å². The first-order chi connectivity index (χ1) is 8.61. The molecule has 2 nitrogen and oxygen atoms in total. The Balaban J connectivity index is 2.29. The third-order valence-corrected chi connectivity index (χ3v) is 4.37. The van der Waals surface area contributed by atoms with E-state index in [0.717, 1.165) is 15.7 Å². The van der Waals surface area contributed by atoms with Gasteiger partial charge in [-0.25, -0.2) is 0 Å². The van der Waals surface area contributed by atoms with E-state index in [0.29, 0.717) is 0 Å². The van der Waals surface area contributed by atoms with Crippen molar-refractivity contribution in [3.63, 3.8) is 0 Å². The monoisotopic (exact) mass is 320 g/mol. The molecule has 0 aliphatic carbocycles. The summed E-state index contributed by atoms with van der Waals surface area (Å²) in [5, 5.41) is 12.6. The number of anilines is 1. The minimum Gasteiger partial charge on any atom is -0.365 e. The van der Waals surface area contributed by atoms with Crippen molar-refractivity contribution in [2.24, 2.45) is 0 Å². The summed E-state index contributed by atoms with van der Waals surface area (Å²) in [6, 6.07) is 11.9. The van der Waals surface area contributed by atoms with E-state index in [4.69, 9.17) is 0 Å². The molecule has 0 aliphatic heterocycles. The van der Waals surface area contributed by atoms with Gasteiger partial charge in [0.05, 0.1) is 6.07 Å². The molecule has 1 heterocycles. The highest BCUT2D eigenvalue weighted by atomic mass is 79.9. The number of nitriles is 1. The van der Waals surface area contributed by atoms with Crippen molar-refractivity contribution in [3.05, 3.63) is 50.1 Å². The van der Waals surface area contributed by atoms with E-state index >= 15 is 0 Å². The predicted octanol–water partition coefficient (Wildman–Crippen LogP) is 4.80. The second kappa shape index (κ2) is 5.55. The SMILES string of the molecule is Cc1cc(C(C#N)Nc2ccccc2Br)c(C)s1. The molecule has 4 heteroatoms. The highest BCUT2D eigenvalue weighted by Crippen LogP contribution is 2.30. The molecule has 2 aromatic rings. The lowest BCUT2D eigenvalue weighted by Gasteiger charge is -2.14. The van der Waals surface area contributed by atoms with Crippen LogP contribution in [0.2, 0.25) is 0 Å². The zero-order valence-corrected chi connectivity index (χ0v) is 12.6. The van der Waals surface area contributed by atoms with Gasteiger partial charge in [-0.15, -0.1) is 11.3 Å². The number of halogens is 1. The number of hydrogen-bond acceptors (Lipinski definition) is 3. The maximum atomic E-state index is 9.34. The Morgan fingerprint density at radius 2 is 2.06 bits per heavy atom. The van der Waals surface area contributed by atoms with E-state index in [1.165, 1.54) is 9.75 Å². The van der Waals surface area contributed by atoms with Gasteiger partial charge in [-0.2, -0.15) is 5.26 Å². The molecule has 1 atom stereocenters. The molecule has 0 saturated carbocycles. The van der Waals surface area contributed by atoms with Crippen LogP contribution in [-0.2, 0) is 0 Å². The molecular formula is C14H13BrN2S. The molecule has 1 aromatic carbocycles. The van der Waals surface area contributed by atoms with Gasteiger partial charge in [0, 0.05) is 25.5 Å². The molecule has 0 amide bonds. The van der Waals surface area contributed by atoms with Crippen molar-refractivity contribution in [3.8, 4) is 6.07 Å². The first-order valence-electron chi connectivity index (χ1n) is 5.59. The molecule has 1 N–H and O–H groups in total. The van der Waals surface area contributed by atoms with Crippen molar-refractivity contribution in [1.29, 1.82) is 5.26 Å². The van der Waals surface area contributed by atoms with Gasteiger partial charge in [-0.3, -0.25) is 0 Å². The first-order valence-corrected chi connectivity index (χ1v) is 7.20. The van der Waals surface area contributed by atoms with E-state index in [-0.39, 0.29) is 6.04 Å². The standard InChI is InChI=1S/C14H13BrN2S/c1-9-7-11(10(2)18-9)14(8-16)17-13-6-4-3-5-12(13)15/h3-7,14,17H,1-2H3. The zero-order valence-electron chi connectivity index (χ0n) is 10.2. The largest absolute Gasteiger partial charge is 0.365 e. The number of hydrogen-bond donors (Lipinski definition) is 1. The number of aryl methyl sites for hydroxylation is 2. The molecule has 0 radical (unpaired) electrons. The summed E-state index contributed by atoms with van der Waals surface area (Å²) in [4.78, 5) is 2.43. The minimum atomic E-state index is -0.311. The Kier molecular flexibility index (Phi) is 4.05. The third-order valence-electron chi connectivity index (χ3n) is 2.69. The first kappa shape index (κ1) is 13.1. The normalized spacial score (nSPS) is 11.9. The van der Waals surface area contributed by atoms with Crippen molar-refractivity contribution in [2.75, 3.05) is 5.32 Å². The molecule has 0 fully saturated rings. The van der Waals surface area contributed by atoms with Crippen molar-refractivity contribution < 1.29 is 0 Å². The van der Waals surface area contributed by atoms with Crippen LogP contribution < -0.4 is 5.32 Å². The van der Waals surface area contributed by atoms with Crippen LogP contribution in [-0.4, -0.2) is 0 Å². The van der Waals surface area contributed by atoms with Gasteiger partial charge in [0.25, 0.3) is 0 Å². The molecule has 0 aliphatic rings. The van der Waals surface area contributed by atoms with Gasteiger partial charge >= 0.3 is 0 Å². The maximum absolute atomic E-state index is 9.34. The van der Waals surface area contributed by atoms with Crippen molar-refractivity contribution in [1.82, 2.24) is 0 Å². The van der Waals surface area contributed by atoms with E-state index in [9.17, 15) is 5.26 Å². The van der Waals surface area contributed by atoms with Crippen LogP contribution in [0, 0.1) is 25.2 Å². The van der Waals surface area contributed by atoms with Crippen LogP contribution in [0.15, 0.2) is 34.8 Å². The number of nitrogens with zero attached hydrogens (tertiary/aromatic N) is 1. The summed E-state index contributed by atoms with van der Waals surface area (Å²) in [5.74, 6) is 0. The smallest absolute Gasteiger partial charge is 0.141 e. The Morgan fingerprint density at radius 1 is 1.33 bits per heavy atom. The van der Waals surface area contributed by atoms with E-state index in [1.54, 1.807) is 11.3 Å². The number of benzene rings is 1. The number of rotatable bonds is 3. The number of nitrogens with one attached hydrogen (secondary N) is 1. The van der Waals surface area contributed by atoms with Gasteiger partial charge in [-0.05, 0) is 48.0 Å². The number of para-hydroxylation sites is 1. The van der Waals surface area contributed by atoms with Crippen molar-refractivity contribution in [2.45, 2.75) is 19.9 Å². The average Bonchev–Trinajstić information content (AvgIpc) is 2.67. The van der Waals surface area contributed by atoms with Crippen LogP contribution in [0.3, 0.4) is 0 Å². The molecule has 0 bridgehead atoms. The van der Waals surface area contributed by atoms with Crippen LogP contribution in [0.1, 0.15) is 21.4 Å². The van der Waals surface area contributed by atoms with Crippen LogP contribution >= 0.6 is 27.3 Å². The molecule has 2 rings (SSSR count). The zero-order chi connectivity index (χ0) is 13.1. The lowest BCUT2D eigenvalue weighted by molar-refractivity contribution is 0.991. The molecular weight excluding hydrogens is 308 g/mol. The van der Waals surface area contributed by atoms with Gasteiger partial charge in [0.1, 0.15) is 6.04 Å². The quantitative estimate of drug-likeness (QED) is 0.881. The second-order valence-electron chi connectivity index (χ2n) is 4.05. The van der Waals surface area contributed by atoms with Gasteiger partial charge in [0.2, 0.25) is 0 Å². The maximum Gasteiger partial charge on any atom is 0.141 e. The average molecular weight is 321 g/mol. The van der Waals surface area contributed by atoms with Crippen molar-refractivity contribution >= 4 is 33.0 Å². The highest BCUT2D eigenvalue weighted by Gasteiger charge is 2.16. The lowest BCUT2D eigenvalue weighted by atomic mass is 10.1. The Labute approximate surface area is 119 Å². The van der Waals surface area contributed by atoms with E-state index < -0.39 is 0 Å². The summed E-state index contributed by atoms with van der Waals surface area (Å²) < 4.78 is 0.967. The number of thiophene rings is 1. The lowest BCUT2D eigenvalue weighted by Crippen LogP contribution is -2.08. The summed E-state index contributed by atoms with van der Waals surface area (Å²) in [6.45, 7) is 4.12. The molecule has 1 unspecified atom stereocenters. The molecule has 92 valence electrons. The summed E-state index contributed by atoms with van der Waals surface area (Å²) >= 11 is 5.21. The Morgan fingerprint density at radius 3 is 2.61 bits per heavy atom. The fourth-order valence-electron chi connectivity index (χ4n) is 1.85.